The molecule has 2 rings (SSSR count). The standard InChI is InChI=1S/C29H44O2/c1-21(2)12-9-13-22(3)14-10-15-23(4)16-11-18-29(7)19-17-26-25(6)27(30-8)20-24(5)28(26)31-29/h12,14,16,20H,9-11,13,15,17-19H2,1-8H3/b22-14+,23-16+. The molecule has 1 aliphatic rings. The van der Waals surface area contributed by atoms with Gasteiger partial charge in [0.25, 0.3) is 0 Å². The van der Waals surface area contributed by atoms with E-state index in [9.17, 15) is 0 Å². The van der Waals surface area contributed by atoms with Crippen molar-refractivity contribution in [3.8, 4) is 11.5 Å². The average Bonchev–Trinajstić information content (AvgIpc) is 2.70. The second-order valence-electron chi connectivity index (χ2n) is 9.88. The fourth-order valence-electron chi connectivity index (χ4n) is 4.41. The van der Waals surface area contributed by atoms with Crippen molar-refractivity contribution < 1.29 is 9.47 Å². The molecule has 0 saturated heterocycles. The van der Waals surface area contributed by atoms with Crippen LogP contribution in [0.1, 0.15) is 96.3 Å². The predicted molar refractivity (Wildman–Crippen MR) is 134 cm³/mol. The number of hydrogen-bond donors (Lipinski definition) is 0. The van der Waals surface area contributed by atoms with Crippen LogP contribution in [0.15, 0.2) is 41.0 Å². The molecule has 1 aromatic carbocycles. The van der Waals surface area contributed by atoms with E-state index in [1.54, 1.807) is 7.11 Å². The van der Waals surface area contributed by atoms with Crippen LogP contribution in [0.4, 0.5) is 0 Å². The molecule has 0 N–H and O–H groups in total. The maximum atomic E-state index is 6.58. The highest BCUT2D eigenvalue weighted by Gasteiger charge is 2.33. The Morgan fingerprint density at radius 2 is 1.61 bits per heavy atom. The van der Waals surface area contributed by atoms with Crippen molar-refractivity contribution in [1.29, 1.82) is 0 Å². The van der Waals surface area contributed by atoms with Crippen molar-refractivity contribution in [2.24, 2.45) is 0 Å². The van der Waals surface area contributed by atoms with E-state index in [2.05, 4.69) is 72.8 Å². The molecule has 0 saturated carbocycles. The molecule has 0 radical (unpaired) electrons. The van der Waals surface area contributed by atoms with Crippen LogP contribution >= 0.6 is 0 Å². The first-order valence-electron chi connectivity index (χ1n) is 12.0. The molecule has 2 nitrogen and oxygen atoms in total. The monoisotopic (exact) mass is 424 g/mol. The Morgan fingerprint density at radius 1 is 1.00 bits per heavy atom. The summed E-state index contributed by atoms with van der Waals surface area (Å²) in [6.07, 6.45) is 16.1. The quantitative estimate of drug-likeness (QED) is 0.350. The summed E-state index contributed by atoms with van der Waals surface area (Å²) in [6.45, 7) is 15.4. The summed E-state index contributed by atoms with van der Waals surface area (Å²) in [5.74, 6) is 2.06. The van der Waals surface area contributed by atoms with Gasteiger partial charge in [-0.1, -0.05) is 34.9 Å². The first-order valence-corrected chi connectivity index (χ1v) is 12.0. The molecule has 1 aliphatic heterocycles. The van der Waals surface area contributed by atoms with Crippen LogP contribution in [0, 0.1) is 13.8 Å². The van der Waals surface area contributed by atoms with E-state index in [0.717, 1.165) is 56.4 Å². The van der Waals surface area contributed by atoms with Gasteiger partial charge in [-0.25, -0.2) is 0 Å². The fourth-order valence-corrected chi connectivity index (χ4v) is 4.41. The smallest absolute Gasteiger partial charge is 0.126 e. The van der Waals surface area contributed by atoms with Gasteiger partial charge in [-0.3, -0.25) is 0 Å². The third-order valence-electron chi connectivity index (χ3n) is 6.56. The van der Waals surface area contributed by atoms with Crippen LogP contribution in [0.5, 0.6) is 11.5 Å². The van der Waals surface area contributed by atoms with Gasteiger partial charge in [-0.05, 0) is 117 Å². The minimum absolute atomic E-state index is 0.0863. The van der Waals surface area contributed by atoms with Gasteiger partial charge in [0.1, 0.15) is 17.1 Å². The Balaban J connectivity index is 1.86. The normalized spacial score (nSPS) is 19.0. The molecule has 2 heteroatoms. The lowest BCUT2D eigenvalue weighted by Crippen LogP contribution is -2.36. The molecular weight excluding hydrogens is 380 g/mol. The first-order chi connectivity index (χ1) is 14.6. The van der Waals surface area contributed by atoms with Crippen LogP contribution in [-0.2, 0) is 6.42 Å². The second-order valence-corrected chi connectivity index (χ2v) is 9.88. The van der Waals surface area contributed by atoms with Crippen LogP contribution in [0.3, 0.4) is 0 Å². The van der Waals surface area contributed by atoms with E-state index in [1.807, 2.05) is 0 Å². The zero-order chi connectivity index (χ0) is 23.0. The SMILES string of the molecule is COc1cc(C)c2c(c1C)CCC(C)(CC/C=C(\C)CC/C=C(\C)CCC=C(C)C)O2. The van der Waals surface area contributed by atoms with Crippen LogP contribution in [0.25, 0.3) is 0 Å². The minimum Gasteiger partial charge on any atom is -0.496 e. The highest BCUT2D eigenvalue weighted by Crippen LogP contribution is 2.42. The molecule has 1 heterocycles. The van der Waals surface area contributed by atoms with Gasteiger partial charge in [-0.2, -0.15) is 0 Å². The Labute approximate surface area is 191 Å². The largest absolute Gasteiger partial charge is 0.496 e. The van der Waals surface area contributed by atoms with Gasteiger partial charge >= 0.3 is 0 Å². The summed E-state index contributed by atoms with van der Waals surface area (Å²) in [5, 5.41) is 0. The molecule has 0 aliphatic carbocycles. The summed E-state index contributed by atoms with van der Waals surface area (Å²) in [5.41, 5.74) is 8.06. The average molecular weight is 425 g/mol. The minimum atomic E-state index is -0.0863. The molecule has 1 unspecified atom stereocenters. The fraction of sp³-hybridized carbons (Fsp3) is 0.586. The topological polar surface area (TPSA) is 18.5 Å². The summed E-state index contributed by atoms with van der Waals surface area (Å²) >= 11 is 0. The van der Waals surface area contributed by atoms with E-state index in [1.165, 1.54) is 39.8 Å². The van der Waals surface area contributed by atoms with Gasteiger partial charge < -0.3 is 9.47 Å². The molecule has 0 spiro atoms. The maximum Gasteiger partial charge on any atom is 0.126 e. The van der Waals surface area contributed by atoms with Gasteiger partial charge in [-0.15, -0.1) is 0 Å². The van der Waals surface area contributed by atoms with E-state index in [-0.39, 0.29) is 5.60 Å². The number of rotatable bonds is 10. The van der Waals surface area contributed by atoms with Crippen molar-refractivity contribution in [2.45, 2.75) is 105 Å². The highest BCUT2D eigenvalue weighted by atomic mass is 16.5. The van der Waals surface area contributed by atoms with E-state index in [0.29, 0.717) is 0 Å². The van der Waals surface area contributed by atoms with Gasteiger partial charge in [0.05, 0.1) is 7.11 Å². The molecule has 0 fully saturated rings. The lowest BCUT2D eigenvalue weighted by atomic mass is 9.86. The number of aryl methyl sites for hydroxylation is 1. The maximum absolute atomic E-state index is 6.58. The number of ether oxygens (including phenoxy) is 2. The van der Waals surface area contributed by atoms with Gasteiger partial charge in [0.15, 0.2) is 0 Å². The molecule has 0 aromatic heterocycles. The zero-order valence-corrected chi connectivity index (χ0v) is 21.3. The first kappa shape index (κ1) is 25.3. The summed E-state index contributed by atoms with van der Waals surface area (Å²) in [7, 11) is 1.75. The molecule has 1 aromatic rings. The van der Waals surface area contributed by atoms with Crippen molar-refractivity contribution >= 4 is 0 Å². The van der Waals surface area contributed by atoms with Crippen LogP contribution < -0.4 is 9.47 Å². The third kappa shape index (κ3) is 7.59. The lowest BCUT2D eigenvalue weighted by Gasteiger charge is -2.37. The van der Waals surface area contributed by atoms with E-state index in [4.69, 9.17) is 9.47 Å². The number of hydrogen-bond acceptors (Lipinski definition) is 2. The van der Waals surface area contributed by atoms with Gasteiger partial charge in [0, 0.05) is 5.56 Å². The molecule has 0 amide bonds. The van der Waals surface area contributed by atoms with Crippen LogP contribution in [-0.4, -0.2) is 12.7 Å². The summed E-state index contributed by atoms with van der Waals surface area (Å²) < 4.78 is 12.1. The Hall–Kier alpha value is -1.96. The number of allylic oxidation sites excluding steroid dienone is 6. The van der Waals surface area contributed by atoms with Crippen molar-refractivity contribution in [3.05, 3.63) is 57.7 Å². The Morgan fingerprint density at radius 3 is 2.23 bits per heavy atom. The number of fused-ring (bicyclic) bond motifs is 1. The lowest BCUT2D eigenvalue weighted by molar-refractivity contribution is 0.0559. The number of methoxy groups -OCH3 is 1. The number of benzene rings is 1. The third-order valence-corrected chi connectivity index (χ3v) is 6.56. The molecule has 31 heavy (non-hydrogen) atoms. The summed E-state index contributed by atoms with van der Waals surface area (Å²) in [6, 6.07) is 2.11. The highest BCUT2D eigenvalue weighted by molar-refractivity contribution is 5.54. The van der Waals surface area contributed by atoms with E-state index >= 15 is 0 Å². The Bertz CT molecular complexity index is 837. The van der Waals surface area contributed by atoms with Gasteiger partial charge in [0.2, 0.25) is 0 Å². The molecular formula is C29H44O2. The zero-order valence-electron chi connectivity index (χ0n) is 21.3. The molecule has 1 atom stereocenters. The van der Waals surface area contributed by atoms with Crippen molar-refractivity contribution in [1.82, 2.24) is 0 Å². The van der Waals surface area contributed by atoms with Crippen LogP contribution in [0.2, 0.25) is 0 Å². The van der Waals surface area contributed by atoms with Crippen molar-refractivity contribution in [3.63, 3.8) is 0 Å². The molecule has 0 bridgehead atoms. The molecule has 172 valence electrons. The van der Waals surface area contributed by atoms with Crippen molar-refractivity contribution in [2.75, 3.05) is 7.11 Å². The van der Waals surface area contributed by atoms with E-state index < -0.39 is 0 Å². The second kappa shape index (κ2) is 11.6. The summed E-state index contributed by atoms with van der Waals surface area (Å²) in [4.78, 5) is 0. The Kier molecular flexibility index (Phi) is 9.47. The predicted octanol–water partition coefficient (Wildman–Crippen LogP) is 8.60.